The minimum absolute atomic E-state index is 0.625. The zero-order valence-corrected chi connectivity index (χ0v) is 8.18. The molecule has 0 aromatic carbocycles. The van der Waals surface area contributed by atoms with Gasteiger partial charge >= 0.3 is 0 Å². The highest BCUT2D eigenvalue weighted by Gasteiger charge is 2.02. The minimum Gasteiger partial charge on any atom is -0.494 e. The van der Waals surface area contributed by atoms with Gasteiger partial charge in [0, 0.05) is 6.20 Å². The van der Waals surface area contributed by atoms with Crippen LogP contribution in [0.5, 0.6) is 5.75 Å². The van der Waals surface area contributed by atoms with Crippen LogP contribution in [0.4, 0.5) is 0 Å². The summed E-state index contributed by atoms with van der Waals surface area (Å²) in [4.78, 5) is 3.85. The highest BCUT2D eigenvalue weighted by Crippen LogP contribution is 2.25. The summed E-state index contributed by atoms with van der Waals surface area (Å²) in [5, 5.41) is 0.625. The summed E-state index contributed by atoms with van der Waals surface area (Å²) < 4.78 is 5.87. The predicted molar refractivity (Wildman–Crippen MR) is 48.5 cm³/mol. The van der Waals surface area contributed by atoms with E-state index in [-0.39, 0.29) is 0 Å². The molecule has 0 aliphatic heterocycles. The number of nitrogens with zero attached hydrogens (tertiary/aromatic N) is 1. The maximum Gasteiger partial charge on any atom is 0.151 e. The zero-order chi connectivity index (χ0) is 7.56. The molecule has 0 radical (unpaired) electrons. The molecule has 0 saturated carbocycles. The van der Waals surface area contributed by atoms with E-state index in [1.165, 1.54) is 0 Å². The van der Waals surface area contributed by atoms with Crippen molar-refractivity contribution in [3.63, 3.8) is 0 Å². The van der Waals surface area contributed by atoms with Gasteiger partial charge in [-0.15, -0.1) is 0 Å². The van der Waals surface area contributed by atoms with Crippen LogP contribution in [-0.2, 0) is 0 Å². The van der Waals surface area contributed by atoms with Crippen LogP contribution in [0.3, 0.4) is 0 Å². The normalized spacial score (nSPS) is 9.50. The van der Waals surface area contributed by atoms with Crippen LogP contribution in [0.25, 0.3) is 0 Å². The summed E-state index contributed by atoms with van der Waals surface area (Å²) in [5.74, 6) is 0.716. The van der Waals surface area contributed by atoms with E-state index in [1.807, 2.05) is 0 Å². The molecule has 0 atom stereocenters. The number of halogens is 2. The molecule has 1 heterocycles. The van der Waals surface area contributed by atoms with Crippen molar-refractivity contribution in [2.75, 3.05) is 7.11 Å². The van der Waals surface area contributed by atoms with E-state index in [9.17, 15) is 0 Å². The van der Waals surface area contributed by atoms with Gasteiger partial charge in [0.2, 0.25) is 0 Å². The monoisotopic (exact) mass is 269 g/mol. The maximum atomic E-state index is 5.74. The molecule has 2 nitrogen and oxygen atoms in total. The Bertz CT molecular complexity index is 241. The smallest absolute Gasteiger partial charge is 0.151 e. The molecule has 0 aliphatic carbocycles. The van der Waals surface area contributed by atoms with Gasteiger partial charge < -0.3 is 4.74 Å². The van der Waals surface area contributed by atoms with Crippen molar-refractivity contribution in [1.82, 2.24) is 4.98 Å². The molecule has 54 valence electrons. The number of hydrogen-bond acceptors (Lipinski definition) is 2. The fraction of sp³-hybridized carbons (Fsp3) is 0.167. The Morgan fingerprint density at radius 2 is 2.30 bits per heavy atom. The van der Waals surface area contributed by atoms with Gasteiger partial charge in [0.25, 0.3) is 0 Å². The van der Waals surface area contributed by atoms with Crippen molar-refractivity contribution in [2.45, 2.75) is 0 Å². The number of ether oxygens (including phenoxy) is 1. The largest absolute Gasteiger partial charge is 0.494 e. The first-order valence-corrected chi connectivity index (χ1v) is 4.04. The van der Waals surface area contributed by atoms with Crippen LogP contribution in [0.15, 0.2) is 12.4 Å². The highest BCUT2D eigenvalue weighted by atomic mass is 127. The molecule has 1 aromatic rings. The third-order valence-corrected chi connectivity index (χ3v) is 2.74. The summed E-state index contributed by atoms with van der Waals surface area (Å²) in [7, 11) is 1.59. The van der Waals surface area contributed by atoms with Crippen molar-refractivity contribution in [3.05, 3.63) is 21.0 Å². The summed E-state index contributed by atoms with van der Waals surface area (Å²) in [6, 6.07) is 0. The van der Waals surface area contributed by atoms with Crippen LogP contribution in [0, 0.1) is 3.57 Å². The molecule has 0 fully saturated rings. The molecule has 0 unspecified atom stereocenters. The lowest BCUT2D eigenvalue weighted by molar-refractivity contribution is 0.410. The zero-order valence-electron chi connectivity index (χ0n) is 5.27. The van der Waals surface area contributed by atoms with Gasteiger partial charge in [0.15, 0.2) is 5.75 Å². The van der Waals surface area contributed by atoms with Gasteiger partial charge in [0.05, 0.1) is 21.9 Å². The second kappa shape index (κ2) is 3.39. The van der Waals surface area contributed by atoms with Gasteiger partial charge in [-0.1, -0.05) is 11.6 Å². The Morgan fingerprint density at radius 3 is 2.80 bits per heavy atom. The highest BCUT2D eigenvalue weighted by molar-refractivity contribution is 14.1. The van der Waals surface area contributed by atoms with Gasteiger partial charge in [0.1, 0.15) is 0 Å². The Kier molecular flexibility index (Phi) is 2.73. The summed E-state index contributed by atoms with van der Waals surface area (Å²) in [6.45, 7) is 0. The fourth-order valence-corrected chi connectivity index (χ4v) is 1.19. The first kappa shape index (κ1) is 8.07. The van der Waals surface area contributed by atoms with Gasteiger partial charge in [-0.25, -0.2) is 0 Å². The van der Waals surface area contributed by atoms with Crippen LogP contribution in [0.2, 0.25) is 5.02 Å². The van der Waals surface area contributed by atoms with E-state index in [4.69, 9.17) is 16.3 Å². The van der Waals surface area contributed by atoms with Crippen molar-refractivity contribution in [2.24, 2.45) is 0 Å². The quantitative estimate of drug-likeness (QED) is 0.730. The van der Waals surface area contributed by atoms with Crippen LogP contribution >= 0.6 is 34.2 Å². The van der Waals surface area contributed by atoms with E-state index in [2.05, 4.69) is 27.6 Å². The molecular weight excluding hydrogens is 264 g/mol. The number of rotatable bonds is 1. The van der Waals surface area contributed by atoms with E-state index in [0.29, 0.717) is 10.8 Å². The Hall–Kier alpha value is -0.0300. The molecule has 0 aliphatic rings. The minimum atomic E-state index is 0.625. The number of hydrogen-bond donors (Lipinski definition) is 0. The summed E-state index contributed by atoms with van der Waals surface area (Å²) in [6.07, 6.45) is 3.22. The Morgan fingerprint density at radius 1 is 1.60 bits per heavy atom. The fourth-order valence-electron chi connectivity index (χ4n) is 0.544. The van der Waals surface area contributed by atoms with Crippen LogP contribution in [0.1, 0.15) is 0 Å². The standard InChI is InChI=1S/C6H5ClINO/c1-10-5-3-9-2-4(7)6(5)8/h2-3H,1H3. The Balaban J connectivity index is 3.14. The Labute approximate surface area is 77.7 Å². The average Bonchev–Trinajstić information content (AvgIpc) is 1.95. The molecule has 0 N–H and O–H groups in total. The molecule has 4 heteroatoms. The molecule has 0 bridgehead atoms. The SMILES string of the molecule is COc1cncc(Cl)c1I. The third-order valence-electron chi connectivity index (χ3n) is 1.03. The number of methoxy groups -OCH3 is 1. The molecule has 0 amide bonds. The van der Waals surface area contributed by atoms with E-state index in [1.54, 1.807) is 19.5 Å². The molecule has 1 aromatic heterocycles. The van der Waals surface area contributed by atoms with Crippen molar-refractivity contribution in [1.29, 1.82) is 0 Å². The summed E-state index contributed by atoms with van der Waals surface area (Å²) >= 11 is 7.85. The van der Waals surface area contributed by atoms with E-state index < -0.39 is 0 Å². The number of pyridine rings is 1. The molecule has 1 rings (SSSR count). The third kappa shape index (κ3) is 1.52. The van der Waals surface area contributed by atoms with Gasteiger partial charge in [-0.05, 0) is 22.6 Å². The average molecular weight is 269 g/mol. The van der Waals surface area contributed by atoms with Crippen molar-refractivity contribution in [3.8, 4) is 5.75 Å². The first-order chi connectivity index (χ1) is 4.75. The lowest BCUT2D eigenvalue weighted by Gasteiger charge is -2.01. The second-order valence-electron chi connectivity index (χ2n) is 1.64. The maximum absolute atomic E-state index is 5.74. The first-order valence-electron chi connectivity index (χ1n) is 2.58. The van der Waals surface area contributed by atoms with Gasteiger partial charge in [-0.2, -0.15) is 0 Å². The summed E-state index contributed by atoms with van der Waals surface area (Å²) in [5.41, 5.74) is 0. The molecular formula is C6H5ClINO. The lowest BCUT2D eigenvalue weighted by atomic mass is 10.5. The van der Waals surface area contributed by atoms with E-state index >= 15 is 0 Å². The molecule has 10 heavy (non-hydrogen) atoms. The second-order valence-corrected chi connectivity index (χ2v) is 3.12. The van der Waals surface area contributed by atoms with Crippen LogP contribution in [-0.4, -0.2) is 12.1 Å². The molecule has 0 saturated heterocycles. The predicted octanol–water partition coefficient (Wildman–Crippen LogP) is 2.35. The number of aromatic nitrogens is 1. The van der Waals surface area contributed by atoms with Crippen molar-refractivity contribution >= 4 is 34.2 Å². The lowest BCUT2D eigenvalue weighted by Crippen LogP contribution is -1.88. The molecule has 0 spiro atoms. The van der Waals surface area contributed by atoms with E-state index in [0.717, 1.165) is 3.57 Å². The topological polar surface area (TPSA) is 22.1 Å². The van der Waals surface area contributed by atoms with Crippen molar-refractivity contribution < 1.29 is 4.74 Å². The van der Waals surface area contributed by atoms with Gasteiger partial charge in [-0.3, -0.25) is 4.98 Å². The van der Waals surface area contributed by atoms with Crippen LogP contribution < -0.4 is 4.74 Å².